The van der Waals surface area contributed by atoms with E-state index >= 15 is 0 Å². The number of benzene rings is 2. The molecule has 0 bridgehead atoms. The molecule has 0 aliphatic rings. The molecule has 4 rings (SSSR count). The van der Waals surface area contributed by atoms with Crippen molar-refractivity contribution in [3.8, 4) is 11.5 Å². The van der Waals surface area contributed by atoms with Gasteiger partial charge in [0.1, 0.15) is 12.0 Å². The lowest BCUT2D eigenvalue weighted by molar-refractivity contribution is 0.571. The number of hydrogen-bond donors (Lipinski definition) is 1. The minimum Gasteiger partial charge on any atom is -0.444 e. The molecule has 0 unspecified atom stereocenters. The molecule has 6 nitrogen and oxygen atoms in total. The zero-order chi connectivity index (χ0) is 17.4. The van der Waals surface area contributed by atoms with E-state index < -0.39 is 9.84 Å². The summed E-state index contributed by atoms with van der Waals surface area (Å²) in [7, 11) is -3.64. The predicted octanol–water partition coefficient (Wildman–Crippen LogP) is 3.50. The standard InChI is InChI=1S/C18H15N3O3S/c1-12-6-8-13(9-7-12)17-19-14(10-24-17)11-25(22,23)18-20-15-4-2-3-5-16(15)21-18/h2-10H,11H2,1H3,(H,20,21). The van der Waals surface area contributed by atoms with Crippen molar-refractivity contribution in [2.24, 2.45) is 0 Å². The molecule has 126 valence electrons. The minimum atomic E-state index is -3.64. The second-order valence-electron chi connectivity index (χ2n) is 5.83. The van der Waals surface area contributed by atoms with E-state index in [0.29, 0.717) is 22.6 Å². The number of aromatic amines is 1. The highest BCUT2D eigenvalue weighted by molar-refractivity contribution is 7.90. The molecule has 0 aliphatic carbocycles. The summed E-state index contributed by atoms with van der Waals surface area (Å²) < 4.78 is 30.6. The van der Waals surface area contributed by atoms with Crippen molar-refractivity contribution in [3.63, 3.8) is 0 Å². The van der Waals surface area contributed by atoms with Crippen LogP contribution in [0.4, 0.5) is 0 Å². The van der Waals surface area contributed by atoms with Crippen LogP contribution in [0.25, 0.3) is 22.5 Å². The summed E-state index contributed by atoms with van der Waals surface area (Å²) in [5.41, 5.74) is 3.57. The molecule has 25 heavy (non-hydrogen) atoms. The monoisotopic (exact) mass is 353 g/mol. The molecule has 2 aromatic carbocycles. The average Bonchev–Trinajstić information content (AvgIpc) is 3.22. The Kier molecular flexibility index (Phi) is 3.65. The summed E-state index contributed by atoms with van der Waals surface area (Å²) in [5, 5.41) is -0.0615. The fourth-order valence-electron chi connectivity index (χ4n) is 2.54. The predicted molar refractivity (Wildman–Crippen MR) is 93.7 cm³/mol. The van der Waals surface area contributed by atoms with Crippen LogP contribution >= 0.6 is 0 Å². The first-order valence-corrected chi connectivity index (χ1v) is 9.35. The number of sulfone groups is 1. The van der Waals surface area contributed by atoms with Gasteiger partial charge in [-0.2, -0.15) is 0 Å². The van der Waals surface area contributed by atoms with Crippen molar-refractivity contribution in [2.45, 2.75) is 17.8 Å². The fourth-order valence-corrected chi connectivity index (χ4v) is 3.70. The first-order chi connectivity index (χ1) is 12.0. The van der Waals surface area contributed by atoms with E-state index in [2.05, 4.69) is 15.0 Å². The molecule has 0 spiro atoms. The van der Waals surface area contributed by atoms with Crippen molar-refractivity contribution in [1.29, 1.82) is 0 Å². The van der Waals surface area contributed by atoms with E-state index in [1.807, 2.05) is 43.3 Å². The molecular formula is C18H15N3O3S. The Labute approximate surface area is 144 Å². The van der Waals surface area contributed by atoms with Crippen LogP contribution in [0, 0.1) is 6.92 Å². The van der Waals surface area contributed by atoms with Gasteiger partial charge in [-0.05, 0) is 31.2 Å². The molecule has 0 atom stereocenters. The second-order valence-corrected chi connectivity index (χ2v) is 7.73. The molecule has 0 radical (unpaired) electrons. The van der Waals surface area contributed by atoms with Gasteiger partial charge in [-0.15, -0.1) is 0 Å². The van der Waals surface area contributed by atoms with Crippen LogP contribution in [0.5, 0.6) is 0 Å². The lowest BCUT2D eigenvalue weighted by Gasteiger charge is -1.97. The molecule has 0 saturated heterocycles. The Morgan fingerprint density at radius 3 is 2.56 bits per heavy atom. The second kappa shape index (κ2) is 5.86. The van der Waals surface area contributed by atoms with Gasteiger partial charge < -0.3 is 9.40 Å². The van der Waals surface area contributed by atoms with Crippen LogP contribution < -0.4 is 0 Å². The van der Waals surface area contributed by atoms with Crippen LogP contribution in [0.15, 0.2) is 64.4 Å². The molecule has 1 N–H and O–H groups in total. The van der Waals surface area contributed by atoms with E-state index in [0.717, 1.165) is 11.1 Å². The van der Waals surface area contributed by atoms with Crippen LogP contribution in [0.1, 0.15) is 11.3 Å². The zero-order valence-electron chi connectivity index (χ0n) is 13.4. The van der Waals surface area contributed by atoms with Crippen molar-refractivity contribution < 1.29 is 12.8 Å². The topological polar surface area (TPSA) is 88.9 Å². The molecule has 0 saturated carbocycles. The third-order valence-electron chi connectivity index (χ3n) is 3.85. The van der Waals surface area contributed by atoms with Gasteiger partial charge in [-0.1, -0.05) is 29.8 Å². The number of hydrogen-bond acceptors (Lipinski definition) is 5. The maximum absolute atomic E-state index is 12.6. The Bertz CT molecular complexity index is 1110. The highest BCUT2D eigenvalue weighted by Gasteiger charge is 2.22. The number of rotatable bonds is 4. The fraction of sp³-hybridized carbons (Fsp3) is 0.111. The van der Waals surface area contributed by atoms with Gasteiger partial charge in [-0.3, -0.25) is 0 Å². The lowest BCUT2D eigenvalue weighted by Crippen LogP contribution is -2.07. The van der Waals surface area contributed by atoms with E-state index in [4.69, 9.17) is 4.42 Å². The Balaban J connectivity index is 1.62. The molecule has 4 aromatic rings. The van der Waals surface area contributed by atoms with Crippen LogP contribution in [-0.2, 0) is 15.6 Å². The van der Waals surface area contributed by atoms with Gasteiger partial charge >= 0.3 is 0 Å². The maximum Gasteiger partial charge on any atom is 0.226 e. The number of imidazole rings is 1. The number of oxazole rings is 1. The number of nitrogens with one attached hydrogen (secondary N) is 1. The number of aromatic nitrogens is 3. The molecule has 2 aromatic heterocycles. The van der Waals surface area contributed by atoms with Gasteiger partial charge in [0.05, 0.1) is 16.7 Å². The third kappa shape index (κ3) is 3.06. The molecule has 2 heterocycles. The van der Waals surface area contributed by atoms with Crippen molar-refractivity contribution in [3.05, 3.63) is 66.1 Å². The Hall–Kier alpha value is -2.93. The van der Waals surface area contributed by atoms with Crippen LogP contribution in [0.3, 0.4) is 0 Å². The molecule has 0 aliphatic heterocycles. The maximum atomic E-state index is 12.6. The van der Waals surface area contributed by atoms with Crippen molar-refractivity contribution in [2.75, 3.05) is 0 Å². The molecular weight excluding hydrogens is 338 g/mol. The van der Waals surface area contributed by atoms with E-state index in [-0.39, 0.29) is 10.9 Å². The number of nitrogens with zero attached hydrogens (tertiary/aromatic N) is 2. The number of aryl methyl sites for hydroxylation is 1. The normalized spacial score (nSPS) is 11.9. The van der Waals surface area contributed by atoms with E-state index in [1.165, 1.54) is 6.26 Å². The van der Waals surface area contributed by atoms with Gasteiger partial charge in [0.2, 0.25) is 20.9 Å². The van der Waals surface area contributed by atoms with Gasteiger partial charge in [0.25, 0.3) is 0 Å². The summed E-state index contributed by atoms with van der Waals surface area (Å²) >= 11 is 0. The first-order valence-electron chi connectivity index (χ1n) is 7.70. The third-order valence-corrected chi connectivity index (χ3v) is 5.31. The summed E-state index contributed by atoms with van der Waals surface area (Å²) in [6, 6.07) is 14.9. The SMILES string of the molecule is Cc1ccc(-c2nc(CS(=O)(=O)c3nc4ccccc4[nH]3)co2)cc1. The summed E-state index contributed by atoms with van der Waals surface area (Å²) in [4.78, 5) is 11.3. The zero-order valence-corrected chi connectivity index (χ0v) is 14.2. The van der Waals surface area contributed by atoms with E-state index in [1.54, 1.807) is 12.1 Å². The van der Waals surface area contributed by atoms with Gasteiger partial charge in [-0.25, -0.2) is 18.4 Å². The molecule has 7 heteroatoms. The van der Waals surface area contributed by atoms with E-state index in [9.17, 15) is 8.42 Å². The first kappa shape index (κ1) is 15.6. The highest BCUT2D eigenvalue weighted by Crippen LogP contribution is 2.22. The quantitative estimate of drug-likeness (QED) is 0.606. The van der Waals surface area contributed by atoms with Crippen LogP contribution in [0.2, 0.25) is 0 Å². The number of fused-ring (bicyclic) bond motifs is 1. The van der Waals surface area contributed by atoms with Crippen molar-refractivity contribution in [1.82, 2.24) is 15.0 Å². The van der Waals surface area contributed by atoms with Gasteiger partial charge in [0, 0.05) is 5.56 Å². The Morgan fingerprint density at radius 2 is 1.80 bits per heavy atom. The van der Waals surface area contributed by atoms with Crippen LogP contribution in [-0.4, -0.2) is 23.4 Å². The highest BCUT2D eigenvalue weighted by atomic mass is 32.2. The Morgan fingerprint density at radius 1 is 1.04 bits per heavy atom. The lowest BCUT2D eigenvalue weighted by atomic mass is 10.1. The summed E-state index contributed by atoms with van der Waals surface area (Å²) in [5.74, 6) is 0.122. The largest absolute Gasteiger partial charge is 0.444 e. The number of para-hydroxylation sites is 2. The average molecular weight is 353 g/mol. The molecule has 0 amide bonds. The van der Waals surface area contributed by atoms with Crippen molar-refractivity contribution >= 4 is 20.9 Å². The number of H-pyrrole nitrogens is 1. The smallest absolute Gasteiger partial charge is 0.226 e. The van der Waals surface area contributed by atoms with Gasteiger partial charge in [0.15, 0.2) is 0 Å². The summed E-state index contributed by atoms with van der Waals surface area (Å²) in [6.45, 7) is 1.99. The minimum absolute atomic E-state index is 0.0615. The molecule has 0 fully saturated rings. The summed E-state index contributed by atoms with van der Waals surface area (Å²) in [6.07, 6.45) is 1.37.